The van der Waals surface area contributed by atoms with E-state index in [-0.39, 0.29) is 23.3 Å². The quantitative estimate of drug-likeness (QED) is 0.666. The van der Waals surface area contributed by atoms with Crippen molar-refractivity contribution in [3.8, 4) is 0 Å². The van der Waals surface area contributed by atoms with Gasteiger partial charge in [-0.15, -0.1) is 0 Å². The highest BCUT2D eigenvalue weighted by Gasteiger charge is 2.11. The number of Topliss-reactive ketones (excluding diaryl/α,β-unsaturated/α-hetero) is 1. The molecule has 0 aromatic heterocycles. The molecule has 0 rings (SSSR count). The number of carbonyl (C=O) groups excluding carboxylic acids is 1. The molecule has 0 aromatic rings. The Bertz CT molecular complexity index is 298. The maximum absolute atomic E-state index is 11.5. The zero-order valence-corrected chi connectivity index (χ0v) is 11.3. The molecule has 0 saturated heterocycles. The Hall–Kier alpha value is -0.420. The lowest BCUT2D eigenvalue weighted by molar-refractivity contribution is -0.119. The Morgan fingerprint density at radius 2 is 1.94 bits per heavy atom. The number of rotatable bonds is 9. The van der Waals surface area contributed by atoms with Gasteiger partial charge >= 0.3 is 0 Å². The van der Waals surface area contributed by atoms with Crippen molar-refractivity contribution in [3.63, 3.8) is 0 Å². The van der Waals surface area contributed by atoms with E-state index >= 15 is 0 Å². The summed E-state index contributed by atoms with van der Waals surface area (Å²) in [6.45, 7) is 6.43. The minimum Gasteiger partial charge on any atom is -0.314 e. The summed E-state index contributed by atoms with van der Waals surface area (Å²) in [5.41, 5.74) is 0. The first-order chi connectivity index (χ1) is 7.41. The highest BCUT2D eigenvalue weighted by atomic mass is 32.2. The average Bonchev–Trinajstić information content (AvgIpc) is 2.17. The van der Waals surface area contributed by atoms with Gasteiger partial charge in [0.15, 0.2) is 0 Å². The minimum atomic E-state index is -2.92. The molecule has 0 aliphatic carbocycles. The highest BCUT2D eigenvalue weighted by molar-refractivity contribution is 7.91. The second-order valence-electron chi connectivity index (χ2n) is 4.04. The van der Waals surface area contributed by atoms with E-state index in [1.165, 1.54) is 0 Å². The van der Waals surface area contributed by atoms with E-state index in [1.54, 1.807) is 6.92 Å². The number of hydrogen-bond donors (Lipinski definition) is 1. The summed E-state index contributed by atoms with van der Waals surface area (Å²) in [7, 11) is -2.92. The van der Waals surface area contributed by atoms with E-state index in [9.17, 15) is 13.2 Å². The summed E-state index contributed by atoms with van der Waals surface area (Å²) in [5, 5.41) is 3.16. The SMILES string of the molecule is CCNC(C)CC(=O)CCCS(=O)(=O)CC. The van der Waals surface area contributed by atoms with E-state index in [2.05, 4.69) is 5.32 Å². The van der Waals surface area contributed by atoms with Crippen molar-refractivity contribution in [2.75, 3.05) is 18.1 Å². The van der Waals surface area contributed by atoms with Crippen LogP contribution < -0.4 is 5.32 Å². The largest absolute Gasteiger partial charge is 0.314 e. The molecule has 0 amide bonds. The van der Waals surface area contributed by atoms with Crippen LogP contribution in [-0.4, -0.2) is 38.3 Å². The predicted octanol–water partition coefficient (Wildman–Crippen LogP) is 1.16. The second-order valence-corrected chi connectivity index (χ2v) is 6.51. The Balaban J connectivity index is 3.74. The summed E-state index contributed by atoms with van der Waals surface area (Å²) in [6, 6.07) is 0.181. The van der Waals surface area contributed by atoms with Crippen molar-refractivity contribution in [2.45, 2.75) is 46.1 Å². The summed E-state index contributed by atoms with van der Waals surface area (Å²) in [5.74, 6) is 0.430. The fourth-order valence-corrected chi connectivity index (χ4v) is 2.37. The Morgan fingerprint density at radius 1 is 1.31 bits per heavy atom. The first-order valence-electron chi connectivity index (χ1n) is 5.86. The maximum atomic E-state index is 11.5. The normalized spacial score (nSPS) is 13.7. The van der Waals surface area contributed by atoms with Gasteiger partial charge in [-0.2, -0.15) is 0 Å². The third kappa shape index (κ3) is 7.82. The van der Waals surface area contributed by atoms with Gasteiger partial charge in [-0.1, -0.05) is 13.8 Å². The number of nitrogens with one attached hydrogen (secondary N) is 1. The van der Waals surface area contributed by atoms with Gasteiger partial charge < -0.3 is 5.32 Å². The number of carbonyl (C=O) groups is 1. The van der Waals surface area contributed by atoms with Crippen LogP contribution in [0.25, 0.3) is 0 Å². The molecule has 0 bridgehead atoms. The van der Waals surface area contributed by atoms with E-state index in [0.29, 0.717) is 19.3 Å². The Kier molecular flexibility index (Phi) is 7.58. The topological polar surface area (TPSA) is 63.2 Å². The van der Waals surface area contributed by atoms with Gasteiger partial charge in [0.2, 0.25) is 0 Å². The molecule has 1 atom stereocenters. The van der Waals surface area contributed by atoms with Crippen molar-refractivity contribution < 1.29 is 13.2 Å². The summed E-state index contributed by atoms with van der Waals surface area (Å²) < 4.78 is 22.4. The van der Waals surface area contributed by atoms with Crippen LogP contribution in [0.2, 0.25) is 0 Å². The standard InChI is InChI=1S/C11H23NO3S/c1-4-12-10(3)9-11(13)7-6-8-16(14,15)5-2/h10,12H,4-9H2,1-3H3. The van der Waals surface area contributed by atoms with Gasteiger partial charge in [0.05, 0.1) is 5.75 Å². The van der Waals surface area contributed by atoms with E-state index in [4.69, 9.17) is 0 Å². The third-order valence-corrected chi connectivity index (χ3v) is 4.23. The summed E-state index contributed by atoms with van der Waals surface area (Å²) in [4.78, 5) is 11.5. The Morgan fingerprint density at radius 3 is 2.44 bits per heavy atom. The molecular weight excluding hydrogens is 226 g/mol. The number of hydrogen-bond acceptors (Lipinski definition) is 4. The molecule has 0 heterocycles. The molecular formula is C11H23NO3S. The van der Waals surface area contributed by atoms with Crippen LogP contribution in [0.3, 0.4) is 0 Å². The zero-order chi connectivity index (χ0) is 12.6. The van der Waals surface area contributed by atoms with Crippen molar-refractivity contribution >= 4 is 15.6 Å². The second kappa shape index (κ2) is 7.79. The van der Waals surface area contributed by atoms with Crippen molar-refractivity contribution in [2.24, 2.45) is 0 Å². The van der Waals surface area contributed by atoms with Gasteiger partial charge in [0.25, 0.3) is 0 Å². The van der Waals surface area contributed by atoms with Crippen LogP contribution in [0.4, 0.5) is 0 Å². The average molecular weight is 249 g/mol. The first kappa shape index (κ1) is 15.6. The van der Waals surface area contributed by atoms with Gasteiger partial charge in [-0.3, -0.25) is 4.79 Å². The lowest BCUT2D eigenvalue weighted by Crippen LogP contribution is -2.28. The minimum absolute atomic E-state index is 0.130. The van der Waals surface area contributed by atoms with E-state index in [0.717, 1.165) is 6.54 Å². The first-order valence-corrected chi connectivity index (χ1v) is 7.69. The van der Waals surface area contributed by atoms with Gasteiger partial charge in [0.1, 0.15) is 15.6 Å². The zero-order valence-electron chi connectivity index (χ0n) is 10.5. The summed E-state index contributed by atoms with van der Waals surface area (Å²) in [6.07, 6.45) is 1.31. The highest BCUT2D eigenvalue weighted by Crippen LogP contribution is 2.02. The van der Waals surface area contributed by atoms with Crippen LogP contribution in [0, 0.1) is 0 Å². The fourth-order valence-electron chi connectivity index (χ4n) is 1.50. The van der Waals surface area contributed by atoms with Crippen molar-refractivity contribution in [3.05, 3.63) is 0 Å². The smallest absolute Gasteiger partial charge is 0.150 e. The van der Waals surface area contributed by atoms with Crippen LogP contribution in [0.15, 0.2) is 0 Å². The van der Waals surface area contributed by atoms with Gasteiger partial charge in [-0.25, -0.2) is 8.42 Å². The van der Waals surface area contributed by atoms with Gasteiger partial charge in [-0.05, 0) is 19.9 Å². The van der Waals surface area contributed by atoms with Crippen LogP contribution in [0.1, 0.15) is 40.0 Å². The van der Waals surface area contributed by atoms with Gasteiger partial charge in [0, 0.05) is 24.6 Å². The molecule has 1 unspecified atom stereocenters. The van der Waals surface area contributed by atoms with Crippen LogP contribution in [-0.2, 0) is 14.6 Å². The molecule has 0 aliphatic heterocycles. The molecule has 5 heteroatoms. The number of ketones is 1. The predicted molar refractivity (Wildman–Crippen MR) is 66.3 cm³/mol. The van der Waals surface area contributed by atoms with Crippen molar-refractivity contribution in [1.82, 2.24) is 5.32 Å². The number of sulfone groups is 1. The lowest BCUT2D eigenvalue weighted by atomic mass is 10.1. The molecule has 1 N–H and O–H groups in total. The molecule has 4 nitrogen and oxygen atoms in total. The molecule has 96 valence electrons. The molecule has 0 aliphatic rings. The monoisotopic (exact) mass is 249 g/mol. The van der Waals surface area contributed by atoms with E-state index in [1.807, 2.05) is 13.8 Å². The van der Waals surface area contributed by atoms with E-state index < -0.39 is 9.84 Å². The maximum Gasteiger partial charge on any atom is 0.150 e. The van der Waals surface area contributed by atoms with Crippen LogP contribution >= 0.6 is 0 Å². The molecule has 16 heavy (non-hydrogen) atoms. The summed E-state index contributed by atoms with van der Waals surface area (Å²) >= 11 is 0. The molecule has 0 aromatic carbocycles. The molecule has 0 radical (unpaired) electrons. The molecule has 0 spiro atoms. The molecule has 0 fully saturated rings. The molecule has 0 saturated carbocycles. The lowest BCUT2D eigenvalue weighted by Gasteiger charge is -2.10. The Labute approximate surface area is 98.7 Å². The fraction of sp³-hybridized carbons (Fsp3) is 0.909. The van der Waals surface area contributed by atoms with Crippen molar-refractivity contribution in [1.29, 1.82) is 0 Å². The van der Waals surface area contributed by atoms with Crippen LogP contribution in [0.5, 0.6) is 0 Å². The third-order valence-electron chi connectivity index (χ3n) is 2.44.